The number of benzene rings is 1. The Morgan fingerprint density at radius 2 is 1.87 bits per heavy atom. The zero-order chi connectivity index (χ0) is 21.5. The number of piperidine rings is 1. The van der Waals surface area contributed by atoms with Crippen molar-refractivity contribution in [1.82, 2.24) is 15.0 Å². The van der Waals surface area contributed by atoms with E-state index in [9.17, 15) is 22.4 Å². The van der Waals surface area contributed by atoms with Crippen LogP contribution in [0.5, 0.6) is 0 Å². The van der Waals surface area contributed by atoms with Gasteiger partial charge in [0.2, 0.25) is 5.91 Å². The summed E-state index contributed by atoms with van der Waals surface area (Å²) in [5, 5.41) is 3.81. The molecule has 4 rings (SSSR count). The molecule has 0 saturated carbocycles. The minimum absolute atomic E-state index is 0.0933. The van der Waals surface area contributed by atoms with Gasteiger partial charge in [-0.05, 0) is 43.5 Å². The minimum Gasteiger partial charge on any atom is -0.342 e. The number of nitrogens with zero attached hydrogens (tertiary/aromatic N) is 3. The SMILES string of the molecule is Cc1cc(C(F)(F)F)c2c(C3CCN(C(=O)Cc4ccc(F)cc4)CC3)noc2n1. The Morgan fingerprint density at radius 1 is 1.20 bits per heavy atom. The molecule has 0 spiro atoms. The van der Waals surface area contributed by atoms with E-state index in [2.05, 4.69) is 10.1 Å². The van der Waals surface area contributed by atoms with Crippen molar-refractivity contribution in [2.75, 3.05) is 13.1 Å². The third-order valence-corrected chi connectivity index (χ3v) is 5.41. The van der Waals surface area contributed by atoms with E-state index >= 15 is 0 Å². The van der Waals surface area contributed by atoms with Crippen molar-refractivity contribution in [2.45, 2.75) is 38.3 Å². The maximum atomic E-state index is 13.5. The van der Waals surface area contributed by atoms with E-state index in [0.717, 1.165) is 6.07 Å². The number of pyridine rings is 1. The highest BCUT2D eigenvalue weighted by Crippen LogP contribution is 2.40. The Bertz CT molecular complexity index is 1070. The topological polar surface area (TPSA) is 59.2 Å². The molecule has 1 aromatic carbocycles. The molecular weight excluding hydrogens is 402 g/mol. The van der Waals surface area contributed by atoms with Crippen molar-refractivity contribution in [3.8, 4) is 0 Å². The van der Waals surface area contributed by atoms with Crippen LogP contribution in [0, 0.1) is 12.7 Å². The molecule has 2 aromatic heterocycles. The van der Waals surface area contributed by atoms with Crippen LogP contribution in [0.1, 0.15) is 41.3 Å². The molecule has 0 aliphatic carbocycles. The second-order valence-electron chi connectivity index (χ2n) is 7.52. The van der Waals surface area contributed by atoms with Gasteiger partial charge in [0.1, 0.15) is 5.82 Å². The normalized spacial score (nSPS) is 15.7. The maximum absolute atomic E-state index is 13.5. The summed E-state index contributed by atoms with van der Waals surface area (Å²) in [5.74, 6) is -0.722. The Labute approximate surface area is 169 Å². The maximum Gasteiger partial charge on any atom is 0.417 e. The van der Waals surface area contributed by atoms with Crippen molar-refractivity contribution in [1.29, 1.82) is 0 Å². The van der Waals surface area contributed by atoms with Crippen LogP contribution in [0.4, 0.5) is 17.6 Å². The van der Waals surface area contributed by atoms with E-state index in [4.69, 9.17) is 4.52 Å². The van der Waals surface area contributed by atoms with E-state index < -0.39 is 11.7 Å². The van der Waals surface area contributed by atoms with E-state index in [0.29, 0.717) is 31.5 Å². The summed E-state index contributed by atoms with van der Waals surface area (Å²) in [5.41, 5.74) is 0.250. The fraction of sp³-hybridized carbons (Fsp3) is 0.381. The Kier molecular flexibility index (Phi) is 5.21. The van der Waals surface area contributed by atoms with Gasteiger partial charge in [-0.15, -0.1) is 0 Å². The number of halogens is 4. The number of rotatable bonds is 3. The summed E-state index contributed by atoms with van der Waals surface area (Å²) in [4.78, 5) is 18.2. The molecule has 0 atom stereocenters. The quantitative estimate of drug-likeness (QED) is 0.579. The van der Waals surface area contributed by atoms with Crippen LogP contribution in [-0.2, 0) is 17.4 Å². The summed E-state index contributed by atoms with van der Waals surface area (Å²) in [6.45, 7) is 2.28. The fourth-order valence-electron chi connectivity index (χ4n) is 3.89. The molecule has 3 heterocycles. The van der Waals surface area contributed by atoms with Gasteiger partial charge in [0.25, 0.3) is 5.71 Å². The van der Waals surface area contributed by atoms with Crippen LogP contribution in [-0.4, -0.2) is 34.0 Å². The average molecular weight is 421 g/mol. The zero-order valence-electron chi connectivity index (χ0n) is 16.2. The third kappa shape index (κ3) is 4.01. The number of fused-ring (bicyclic) bond motifs is 1. The highest BCUT2D eigenvalue weighted by molar-refractivity contribution is 5.82. The number of hydrogen-bond donors (Lipinski definition) is 0. The van der Waals surface area contributed by atoms with Gasteiger partial charge < -0.3 is 9.42 Å². The smallest absolute Gasteiger partial charge is 0.342 e. The van der Waals surface area contributed by atoms with Crippen molar-refractivity contribution >= 4 is 17.0 Å². The summed E-state index contributed by atoms with van der Waals surface area (Å²) < 4.78 is 58.8. The lowest BCUT2D eigenvalue weighted by atomic mass is 9.90. The number of aryl methyl sites for hydroxylation is 1. The Balaban J connectivity index is 1.50. The van der Waals surface area contributed by atoms with E-state index in [1.54, 1.807) is 17.0 Å². The second kappa shape index (κ2) is 7.70. The predicted molar refractivity (Wildman–Crippen MR) is 100 cm³/mol. The van der Waals surface area contributed by atoms with Gasteiger partial charge in [-0.1, -0.05) is 17.3 Å². The largest absolute Gasteiger partial charge is 0.417 e. The number of hydrogen-bond acceptors (Lipinski definition) is 4. The predicted octanol–water partition coefficient (Wildman–Crippen LogP) is 4.64. The molecule has 1 aliphatic heterocycles. The molecule has 1 fully saturated rings. The second-order valence-corrected chi connectivity index (χ2v) is 7.52. The number of carbonyl (C=O) groups excluding carboxylic acids is 1. The molecule has 9 heteroatoms. The van der Waals surface area contributed by atoms with E-state index in [-0.39, 0.29) is 46.6 Å². The van der Waals surface area contributed by atoms with Crippen molar-refractivity contribution in [3.05, 3.63) is 58.7 Å². The van der Waals surface area contributed by atoms with Crippen LogP contribution in [0.3, 0.4) is 0 Å². The minimum atomic E-state index is -4.54. The molecule has 158 valence electrons. The van der Waals surface area contributed by atoms with Crippen LogP contribution >= 0.6 is 0 Å². The Hall–Kier alpha value is -2.97. The average Bonchev–Trinajstić information content (AvgIpc) is 3.12. The lowest BCUT2D eigenvalue weighted by Crippen LogP contribution is -2.38. The molecular formula is C21H19F4N3O2. The van der Waals surface area contributed by atoms with Crippen molar-refractivity contribution in [3.63, 3.8) is 0 Å². The van der Waals surface area contributed by atoms with Gasteiger partial charge >= 0.3 is 6.18 Å². The summed E-state index contributed by atoms with van der Waals surface area (Å²) in [7, 11) is 0. The molecule has 0 N–H and O–H groups in total. The molecule has 0 bridgehead atoms. The molecule has 30 heavy (non-hydrogen) atoms. The summed E-state index contributed by atoms with van der Waals surface area (Å²) in [6, 6.07) is 6.74. The molecule has 0 radical (unpaired) electrons. The Morgan fingerprint density at radius 3 is 2.50 bits per heavy atom. The monoisotopic (exact) mass is 421 g/mol. The van der Waals surface area contributed by atoms with Gasteiger partial charge in [-0.25, -0.2) is 9.37 Å². The number of likely N-dealkylation sites (tertiary alicyclic amines) is 1. The molecule has 1 amide bonds. The van der Waals surface area contributed by atoms with Crippen LogP contribution in [0.15, 0.2) is 34.9 Å². The molecule has 0 unspecified atom stereocenters. The number of alkyl halides is 3. The number of aromatic nitrogens is 2. The first-order valence-corrected chi connectivity index (χ1v) is 9.58. The highest BCUT2D eigenvalue weighted by atomic mass is 19.4. The lowest BCUT2D eigenvalue weighted by molar-refractivity contribution is -0.136. The first-order chi connectivity index (χ1) is 14.2. The first kappa shape index (κ1) is 20.3. The van der Waals surface area contributed by atoms with Crippen LogP contribution < -0.4 is 0 Å². The molecule has 5 nitrogen and oxygen atoms in total. The van der Waals surface area contributed by atoms with Crippen LogP contribution in [0.25, 0.3) is 11.1 Å². The van der Waals surface area contributed by atoms with Crippen molar-refractivity contribution in [2.24, 2.45) is 0 Å². The summed E-state index contributed by atoms with van der Waals surface area (Å²) in [6.07, 6.45) is -3.44. The third-order valence-electron chi connectivity index (χ3n) is 5.41. The number of amides is 1. The summed E-state index contributed by atoms with van der Waals surface area (Å²) >= 11 is 0. The molecule has 1 aliphatic rings. The van der Waals surface area contributed by atoms with Gasteiger partial charge in [-0.2, -0.15) is 13.2 Å². The van der Waals surface area contributed by atoms with Gasteiger partial charge in [0.05, 0.1) is 23.1 Å². The number of carbonyl (C=O) groups is 1. The zero-order valence-corrected chi connectivity index (χ0v) is 16.2. The highest BCUT2D eigenvalue weighted by Gasteiger charge is 2.37. The fourth-order valence-corrected chi connectivity index (χ4v) is 3.89. The standard InChI is InChI=1S/C21H19F4N3O2/c1-12-10-16(21(23,24)25)18-19(27-30-20(18)26-12)14-6-8-28(9-7-14)17(29)11-13-2-4-15(22)5-3-13/h2-5,10,14H,6-9,11H2,1H3. The van der Waals surface area contributed by atoms with E-state index in [1.165, 1.54) is 19.1 Å². The first-order valence-electron chi connectivity index (χ1n) is 9.58. The van der Waals surface area contributed by atoms with Gasteiger partial charge in [0, 0.05) is 24.7 Å². The molecule has 1 saturated heterocycles. The van der Waals surface area contributed by atoms with Crippen LogP contribution in [0.2, 0.25) is 0 Å². The lowest BCUT2D eigenvalue weighted by Gasteiger charge is -2.31. The van der Waals surface area contributed by atoms with Gasteiger partial charge in [0.15, 0.2) is 0 Å². The van der Waals surface area contributed by atoms with E-state index in [1.807, 2.05) is 0 Å². The van der Waals surface area contributed by atoms with Crippen molar-refractivity contribution < 1.29 is 26.9 Å². The van der Waals surface area contributed by atoms with Gasteiger partial charge in [-0.3, -0.25) is 4.79 Å². The molecule has 3 aromatic rings.